The molecule has 2 aromatic heterocycles. The number of hydrogen-bond donors (Lipinski definition) is 0. The molecule has 4 aromatic rings. The summed E-state index contributed by atoms with van der Waals surface area (Å²) in [4.78, 5) is 14.0. The van der Waals surface area contributed by atoms with Crippen molar-refractivity contribution in [2.24, 2.45) is 0 Å². The summed E-state index contributed by atoms with van der Waals surface area (Å²) in [5.41, 5.74) is 4.38. The van der Waals surface area contributed by atoms with Crippen LogP contribution in [0.5, 0.6) is 0 Å². The Bertz CT molecular complexity index is 1060. The van der Waals surface area contributed by atoms with Crippen molar-refractivity contribution in [1.29, 1.82) is 0 Å². The van der Waals surface area contributed by atoms with E-state index in [1.165, 1.54) is 17.1 Å². The summed E-state index contributed by atoms with van der Waals surface area (Å²) in [6, 6.07) is 20.9. The number of nitrogens with zero attached hydrogens (tertiary/aromatic N) is 5. The Morgan fingerprint density at radius 2 is 1.54 bits per heavy atom. The quantitative estimate of drug-likeness (QED) is 0.528. The second-order valence-electron chi connectivity index (χ2n) is 7.02. The summed E-state index contributed by atoms with van der Waals surface area (Å²) >= 11 is 1.50. The van der Waals surface area contributed by atoms with E-state index >= 15 is 0 Å². The number of piperazine rings is 1. The largest absolute Gasteiger partial charge is 0.353 e. The van der Waals surface area contributed by atoms with Gasteiger partial charge in [-0.1, -0.05) is 60.7 Å². The zero-order valence-electron chi connectivity index (χ0n) is 15.5. The molecule has 0 atom stereocenters. The minimum atomic E-state index is 0.951. The molecule has 0 bridgehead atoms. The molecule has 3 heterocycles. The Hall–Kier alpha value is -2.83. The normalized spacial score (nSPS) is 15.2. The van der Waals surface area contributed by atoms with Gasteiger partial charge in [0.25, 0.3) is 0 Å². The van der Waals surface area contributed by atoms with Crippen molar-refractivity contribution < 1.29 is 0 Å². The lowest BCUT2D eigenvalue weighted by molar-refractivity contribution is 0.249. The van der Waals surface area contributed by atoms with Crippen LogP contribution in [0.25, 0.3) is 21.5 Å². The first-order valence-corrected chi connectivity index (χ1v) is 10.3. The van der Waals surface area contributed by atoms with Crippen molar-refractivity contribution in [3.05, 3.63) is 72.6 Å². The van der Waals surface area contributed by atoms with Crippen LogP contribution in [-0.4, -0.2) is 45.4 Å². The van der Waals surface area contributed by atoms with Crippen molar-refractivity contribution in [1.82, 2.24) is 19.2 Å². The van der Waals surface area contributed by atoms with E-state index in [0.717, 1.165) is 60.0 Å². The molecule has 0 aliphatic carbocycles. The molecule has 0 spiro atoms. The molecule has 28 heavy (non-hydrogen) atoms. The van der Waals surface area contributed by atoms with Crippen LogP contribution in [0.1, 0.15) is 5.56 Å². The third-order valence-electron chi connectivity index (χ3n) is 5.21. The summed E-state index contributed by atoms with van der Waals surface area (Å²) in [6.07, 6.45) is 1.68. The van der Waals surface area contributed by atoms with Gasteiger partial charge < -0.3 is 4.90 Å². The van der Waals surface area contributed by atoms with E-state index in [4.69, 9.17) is 4.37 Å². The molecule has 0 N–H and O–H groups in total. The first kappa shape index (κ1) is 17.3. The van der Waals surface area contributed by atoms with Gasteiger partial charge in [-0.25, -0.2) is 9.97 Å². The third kappa shape index (κ3) is 3.37. The maximum absolute atomic E-state index is 4.69. The van der Waals surface area contributed by atoms with E-state index in [1.54, 1.807) is 6.33 Å². The standard InChI is InChI=1S/C22H21N5S/c1-3-7-17(8-4-1)15-26-11-13-27(14-12-26)22-21-20(23-16-24-22)19(25-28-21)18-9-5-2-6-10-18/h1-10,16H,11-15H2. The van der Waals surface area contributed by atoms with Crippen LogP contribution in [0.15, 0.2) is 67.0 Å². The van der Waals surface area contributed by atoms with Crippen molar-refractivity contribution in [2.75, 3.05) is 31.1 Å². The highest BCUT2D eigenvalue weighted by Gasteiger charge is 2.22. The summed E-state index contributed by atoms with van der Waals surface area (Å²) in [5.74, 6) is 1.02. The van der Waals surface area contributed by atoms with E-state index in [0.29, 0.717) is 0 Å². The topological polar surface area (TPSA) is 45.2 Å². The molecule has 2 aromatic carbocycles. The first-order chi connectivity index (χ1) is 13.9. The summed E-state index contributed by atoms with van der Waals surface area (Å²) in [7, 11) is 0. The molecular formula is C22H21N5S. The number of anilines is 1. The second-order valence-corrected chi connectivity index (χ2v) is 7.79. The van der Waals surface area contributed by atoms with Crippen LogP contribution in [0, 0.1) is 0 Å². The van der Waals surface area contributed by atoms with Crippen molar-refractivity contribution in [3.8, 4) is 11.3 Å². The SMILES string of the molecule is c1ccc(CN2CCN(c3ncnc4c(-c5ccccc5)nsc34)CC2)cc1. The minimum absolute atomic E-state index is 0.951. The number of benzene rings is 2. The van der Waals surface area contributed by atoms with Gasteiger partial charge in [-0.3, -0.25) is 4.90 Å². The minimum Gasteiger partial charge on any atom is -0.353 e. The fourth-order valence-corrected chi connectivity index (χ4v) is 4.60. The molecule has 1 aliphatic rings. The van der Waals surface area contributed by atoms with Gasteiger partial charge in [0, 0.05) is 38.3 Å². The van der Waals surface area contributed by atoms with Crippen LogP contribution in [-0.2, 0) is 6.54 Å². The highest BCUT2D eigenvalue weighted by atomic mass is 32.1. The molecule has 0 saturated carbocycles. The smallest absolute Gasteiger partial charge is 0.151 e. The third-order valence-corrected chi connectivity index (χ3v) is 6.04. The molecular weight excluding hydrogens is 366 g/mol. The van der Waals surface area contributed by atoms with Crippen molar-refractivity contribution in [2.45, 2.75) is 6.54 Å². The zero-order chi connectivity index (χ0) is 18.8. The predicted octanol–water partition coefficient (Wildman–Crippen LogP) is 4.08. The maximum atomic E-state index is 4.69. The zero-order valence-corrected chi connectivity index (χ0v) is 16.3. The first-order valence-electron chi connectivity index (χ1n) is 9.55. The maximum Gasteiger partial charge on any atom is 0.151 e. The molecule has 140 valence electrons. The number of hydrogen-bond acceptors (Lipinski definition) is 6. The van der Waals surface area contributed by atoms with E-state index in [9.17, 15) is 0 Å². The van der Waals surface area contributed by atoms with Crippen molar-refractivity contribution in [3.63, 3.8) is 0 Å². The van der Waals surface area contributed by atoms with Gasteiger partial charge in [0.15, 0.2) is 5.82 Å². The monoisotopic (exact) mass is 387 g/mol. The molecule has 0 unspecified atom stereocenters. The van der Waals surface area contributed by atoms with Gasteiger partial charge in [-0.05, 0) is 17.1 Å². The van der Waals surface area contributed by atoms with Gasteiger partial charge in [0.1, 0.15) is 22.2 Å². The lowest BCUT2D eigenvalue weighted by Gasteiger charge is -2.35. The van der Waals surface area contributed by atoms with Gasteiger partial charge in [-0.2, -0.15) is 4.37 Å². The van der Waals surface area contributed by atoms with E-state index in [2.05, 4.69) is 62.2 Å². The predicted molar refractivity (Wildman–Crippen MR) is 115 cm³/mol. The Labute approximate surface area is 168 Å². The van der Waals surface area contributed by atoms with Crippen LogP contribution in [0.2, 0.25) is 0 Å². The molecule has 5 rings (SSSR count). The Kier molecular flexibility index (Phi) is 4.72. The Morgan fingerprint density at radius 3 is 2.29 bits per heavy atom. The molecule has 6 heteroatoms. The van der Waals surface area contributed by atoms with Crippen LogP contribution < -0.4 is 4.90 Å². The fourth-order valence-electron chi connectivity index (χ4n) is 3.72. The van der Waals surface area contributed by atoms with Crippen LogP contribution >= 0.6 is 11.5 Å². The number of rotatable bonds is 4. The summed E-state index contributed by atoms with van der Waals surface area (Å²) < 4.78 is 5.78. The average molecular weight is 388 g/mol. The number of fused-ring (bicyclic) bond motifs is 1. The van der Waals surface area contributed by atoms with E-state index < -0.39 is 0 Å². The van der Waals surface area contributed by atoms with Gasteiger partial charge in [-0.15, -0.1) is 0 Å². The van der Waals surface area contributed by atoms with Gasteiger partial charge in [0.2, 0.25) is 0 Å². The highest BCUT2D eigenvalue weighted by Crippen LogP contribution is 2.34. The van der Waals surface area contributed by atoms with E-state index in [-0.39, 0.29) is 0 Å². The lowest BCUT2D eigenvalue weighted by atomic mass is 10.1. The molecule has 1 fully saturated rings. The molecule has 1 saturated heterocycles. The highest BCUT2D eigenvalue weighted by molar-refractivity contribution is 7.14. The second kappa shape index (κ2) is 7.66. The Balaban J connectivity index is 1.35. The lowest BCUT2D eigenvalue weighted by Crippen LogP contribution is -2.46. The van der Waals surface area contributed by atoms with Crippen LogP contribution in [0.3, 0.4) is 0 Å². The number of aromatic nitrogens is 3. The Morgan fingerprint density at radius 1 is 0.821 bits per heavy atom. The van der Waals surface area contributed by atoms with Crippen LogP contribution in [0.4, 0.5) is 5.82 Å². The van der Waals surface area contributed by atoms with Crippen molar-refractivity contribution >= 4 is 27.6 Å². The molecule has 0 radical (unpaired) electrons. The van der Waals surface area contributed by atoms with Gasteiger partial charge in [0.05, 0.1) is 0 Å². The molecule has 5 nitrogen and oxygen atoms in total. The fraction of sp³-hybridized carbons (Fsp3) is 0.227. The molecule has 1 aliphatic heterocycles. The average Bonchev–Trinajstić information content (AvgIpc) is 3.20. The summed E-state index contributed by atoms with van der Waals surface area (Å²) in [5, 5.41) is 0. The van der Waals surface area contributed by atoms with E-state index in [1.807, 2.05) is 18.2 Å². The van der Waals surface area contributed by atoms with Gasteiger partial charge >= 0.3 is 0 Å². The summed E-state index contributed by atoms with van der Waals surface area (Å²) in [6.45, 7) is 5.01. The molecule has 0 amide bonds.